The molecule has 1 amide bonds. The minimum atomic E-state index is -5.41. The lowest BCUT2D eigenvalue weighted by atomic mass is 9.44. The number of hydrogen-bond acceptors (Lipinski definition) is 13. The number of rotatable bonds is 19. The topological polar surface area (TPSA) is 193 Å². The van der Waals surface area contributed by atoms with E-state index in [4.69, 9.17) is 27.8 Å². The second kappa shape index (κ2) is 23.4. The molecule has 11 atom stereocenters. The number of alkyl halides is 6. The maximum absolute atomic E-state index is 17.1. The molecule has 1 aliphatic heterocycles. The van der Waals surface area contributed by atoms with E-state index in [1.807, 2.05) is 41.5 Å². The normalized spacial score (nSPS) is 28.2. The minimum absolute atomic E-state index is 0.0640. The highest BCUT2D eigenvalue weighted by Crippen LogP contribution is 2.66. The molecule has 0 aromatic heterocycles. The van der Waals surface area contributed by atoms with E-state index in [1.54, 1.807) is 55.5 Å². The Morgan fingerprint density at radius 2 is 1.28 bits per heavy atom. The Labute approximate surface area is 470 Å². The summed E-state index contributed by atoms with van der Waals surface area (Å²) >= 11 is 0. The molecule has 7 rings (SSSR count). The summed E-state index contributed by atoms with van der Waals surface area (Å²) in [5, 5.41) is 29.3. The predicted molar refractivity (Wildman–Crippen MR) is 290 cm³/mol. The van der Waals surface area contributed by atoms with Gasteiger partial charge in [-0.05, 0) is 97.2 Å². The highest BCUT2D eigenvalue weighted by atomic mass is 28.4. The zero-order valence-corrected chi connectivity index (χ0v) is 49.6. The van der Waals surface area contributed by atoms with E-state index in [0.29, 0.717) is 36.3 Å². The Balaban J connectivity index is 1.53. The molecular formula is C59H75F6NO13Si2. The number of ketones is 1. The zero-order valence-electron chi connectivity index (χ0n) is 47.6. The van der Waals surface area contributed by atoms with Gasteiger partial charge in [0.2, 0.25) is 0 Å². The van der Waals surface area contributed by atoms with E-state index in [0.717, 1.165) is 6.92 Å². The summed E-state index contributed by atoms with van der Waals surface area (Å²) in [4.78, 5) is 74.4. The van der Waals surface area contributed by atoms with Crippen molar-refractivity contribution in [2.45, 2.75) is 191 Å². The van der Waals surface area contributed by atoms with Gasteiger partial charge in [-0.1, -0.05) is 104 Å². The van der Waals surface area contributed by atoms with Crippen LogP contribution in [0.3, 0.4) is 0 Å². The standard InChI is InChI=1S/C59H75F6NO13Si2/c1-12-80(13-2,14-3)78-42-31-43-56(33-74-43,77-35(8)67)48-50(76-52(71)38-28-39(58(60,61)62)30-40(29-38)59(63,64)65)57(73)32-41(34(7)44(54(57,9)10)47(49(69)55(42,48)11)79-81(15-4,16-5)17-6)75-53(72)46(68)45(36-24-20-18-21-25-36)66-51(70)37-26-22-19-23-27-37/h18-30,41-43,45-48,50,68,73H,12-17,31-33H2,1-11H3,(H,66,70)/t41-,42-,43+,45-,46+,47+,48-,50-,55+,56-,57+/m0/s1. The number of Topliss-reactive ketones (excluding diaryl/α,β-unsaturated/α-hetero) is 1. The van der Waals surface area contributed by atoms with Crippen LogP contribution >= 0.6 is 0 Å². The molecule has 3 aromatic rings. The molecule has 3 aromatic carbocycles. The molecule has 3 fully saturated rings. The number of nitrogens with one attached hydrogen (secondary N) is 1. The SMILES string of the molecule is CC[Si](CC)(CC)O[C@H]1C(=O)[C@]2(C)[C@@H](O[Si](CC)(CC)CC)C[C@H]3OC[C@@]3(OC(C)=O)[C@H]2[C@H](OC(=O)c2cc(C(F)(F)F)cc(C(F)(F)F)c2)[C@]2(O)C[C@H](OC(=O)[C@H](O)[C@@H](NC(=O)c3ccccc3)c3ccccc3)C(C)=C1C2(C)C. The third-order valence-corrected chi connectivity index (χ3v) is 27.9. The van der Waals surface area contributed by atoms with E-state index in [1.165, 1.54) is 32.9 Å². The number of aliphatic hydroxyl groups is 2. The maximum Gasteiger partial charge on any atom is 0.416 e. The summed E-state index contributed by atoms with van der Waals surface area (Å²) in [6.07, 6.45) is -21.7. The Kier molecular flexibility index (Phi) is 18.3. The van der Waals surface area contributed by atoms with Gasteiger partial charge in [0.25, 0.3) is 5.91 Å². The Morgan fingerprint density at radius 1 is 0.765 bits per heavy atom. The molecular weight excluding hydrogens is 1100 g/mol. The number of hydrogen-bond donors (Lipinski definition) is 3. The van der Waals surface area contributed by atoms with Gasteiger partial charge in [-0.25, -0.2) is 9.59 Å². The number of benzene rings is 3. The van der Waals surface area contributed by atoms with Crippen LogP contribution in [0.4, 0.5) is 26.3 Å². The average molecular weight is 1180 g/mol. The summed E-state index contributed by atoms with van der Waals surface area (Å²) in [5.41, 5.74) is -12.9. The smallest absolute Gasteiger partial charge is 0.416 e. The van der Waals surface area contributed by atoms with Gasteiger partial charge in [-0.3, -0.25) is 14.4 Å². The van der Waals surface area contributed by atoms with E-state index in [2.05, 4.69) is 5.32 Å². The van der Waals surface area contributed by atoms with Crippen molar-refractivity contribution in [2.24, 2.45) is 16.7 Å². The molecule has 2 saturated carbocycles. The van der Waals surface area contributed by atoms with E-state index < -0.39 is 159 Å². The fourth-order valence-corrected chi connectivity index (χ4v) is 18.9. The van der Waals surface area contributed by atoms with Crippen LogP contribution in [-0.4, -0.2) is 111 Å². The number of fused-ring (bicyclic) bond motifs is 5. The van der Waals surface area contributed by atoms with Gasteiger partial charge < -0.3 is 43.3 Å². The van der Waals surface area contributed by atoms with Crippen LogP contribution < -0.4 is 5.32 Å². The molecule has 3 N–H and O–H groups in total. The van der Waals surface area contributed by atoms with Gasteiger partial charge >= 0.3 is 30.3 Å². The largest absolute Gasteiger partial charge is 0.456 e. The average Bonchev–Trinajstić information content (AvgIpc) is 3.43. The lowest BCUT2D eigenvalue weighted by molar-refractivity contribution is -0.344. The fraction of sp³-hybridized carbons (Fsp3) is 0.576. The number of carbonyl (C=O) groups excluding carboxylic acids is 5. The summed E-state index contributed by atoms with van der Waals surface area (Å²) < 4.78 is 127. The monoisotopic (exact) mass is 1180 g/mol. The van der Waals surface area contributed by atoms with Gasteiger partial charge in [-0.15, -0.1) is 0 Å². The predicted octanol–water partition coefficient (Wildman–Crippen LogP) is 11.3. The molecule has 0 radical (unpaired) electrons. The summed E-state index contributed by atoms with van der Waals surface area (Å²) in [6, 6.07) is 17.9. The van der Waals surface area contributed by atoms with Crippen molar-refractivity contribution >= 4 is 46.2 Å². The second-order valence-corrected chi connectivity index (χ2v) is 32.3. The molecule has 22 heteroatoms. The van der Waals surface area contributed by atoms with Crippen LogP contribution in [0.25, 0.3) is 0 Å². The number of ether oxygens (including phenoxy) is 4. The van der Waals surface area contributed by atoms with Crippen molar-refractivity contribution in [3.63, 3.8) is 0 Å². The Morgan fingerprint density at radius 3 is 1.77 bits per heavy atom. The highest BCUT2D eigenvalue weighted by Gasteiger charge is 2.79. The van der Waals surface area contributed by atoms with Crippen molar-refractivity contribution in [2.75, 3.05) is 6.61 Å². The number of esters is 3. The van der Waals surface area contributed by atoms with Gasteiger partial charge in [-0.2, -0.15) is 26.3 Å². The van der Waals surface area contributed by atoms with Crippen LogP contribution in [0.15, 0.2) is 90.0 Å². The van der Waals surface area contributed by atoms with E-state index in [9.17, 15) is 50.9 Å². The Hall–Kier alpha value is -5.24. The van der Waals surface area contributed by atoms with Crippen molar-refractivity contribution in [3.05, 3.63) is 118 Å². The molecule has 3 aliphatic carbocycles. The van der Waals surface area contributed by atoms with Crippen molar-refractivity contribution in [1.82, 2.24) is 5.32 Å². The summed E-state index contributed by atoms with van der Waals surface area (Å²) in [7, 11) is -5.89. The molecule has 4 aliphatic rings. The zero-order chi connectivity index (χ0) is 60.1. The third kappa shape index (κ3) is 11.5. The number of aliphatic hydroxyl groups excluding tert-OH is 1. The molecule has 0 unspecified atom stereocenters. The van der Waals surface area contributed by atoms with Gasteiger partial charge in [0.15, 0.2) is 34.1 Å². The second-order valence-electron chi connectivity index (χ2n) is 22.9. The lowest BCUT2D eigenvalue weighted by Gasteiger charge is -2.68. The molecule has 0 spiro atoms. The molecule has 1 saturated heterocycles. The first kappa shape index (κ1) is 63.3. The van der Waals surface area contributed by atoms with Crippen LogP contribution in [-0.2, 0) is 54.5 Å². The van der Waals surface area contributed by atoms with Crippen molar-refractivity contribution < 1.29 is 88.3 Å². The first-order valence-corrected chi connectivity index (χ1v) is 32.8. The van der Waals surface area contributed by atoms with Crippen molar-refractivity contribution in [1.29, 1.82) is 0 Å². The summed E-state index contributed by atoms with van der Waals surface area (Å²) in [5.74, 6) is -7.16. The summed E-state index contributed by atoms with van der Waals surface area (Å²) in [6.45, 7) is 18.4. The number of carbonyl (C=O) groups is 5. The van der Waals surface area contributed by atoms with E-state index >= 15 is 9.59 Å². The number of amides is 1. The van der Waals surface area contributed by atoms with E-state index in [-0.39, 0.29) is 46.9 Å². The quantitative estimate of drug-likeness (QED) is 0.0338. The third-order valence-electron chi connectivity index (χ3n) is 18.6. The fourth-order valence-electron chi connectivity index (χ4n) is 13.2. The molecule has 14 nitrogen and oxygen atoms in total. The van der Waals surface area contributed by atoms with Crippen LogP contribution in [0.2, 0.25) is 36.3 Å². The van der Waals surface area contributed by atoms with Gasteiger partial charge in [0.1, 0.15) is 30.0 Å². The first-order chi connectivity index (χ1) is 37.8. The molecule has 1 heterocycles. The van der Waals surface area contributed by atoms with Gasteiger partial charge in [0.05, 0.1) is 46.8 Å². The van der Waals surface area contributed by atoms with Gasteiger partial charge in [0, 0.05) is 30.7 Å². The molecule has 81 heavy (non-hydrogen) atoms. The highest BCUT2D eigenvalue weighted by molar-refractivity contribution is 6.74. The minimum Gasteiger partial charge on any atom is -0.456 e. The first-order valence-electron chi connectivity index (χ1n) is 27.8. The van der Waals surface area contributed by atoms with Crippen LogP contribution in [0.5, 0.6) is 0 Å². The molecule has 444 valence electrons. The maximum atomic E-state index is 17.1. The number of halogens is 6. The molecule has 2 bridgehead atoms. The van der Waals surface area contributed by atoms with Crippen LogP contribution in [0.1, 0.15) is 132 Å². The van der Waals surface area contributed by atoms with Crippen LogP contribution in [0, 0.1) is 16.7 Å². The lowest BCUT2D eigenvalue weighted by Crippen LogP contribution is -2.82. The Bertz CT molecular complexity index is 2810. The van der Waals surface area contributed by atoms with Crippen molar-refractivity contribution in [3.8, 4) is 0 Å².